The van der Waals surface area contributed by atoms with Crippen LogP contribution in [0, 0.1) is 5.92 Å². The van der Waals surface area contributed by atoms with Gasteiger partial charge in [-0.15, -0.1) is 0 Å². The van der Waals surface area contributed by atoms with E-state index in [0.29, 0.717) is 36.3 Å². The number of aromatic nitrogens is 3. The minimum absolute atomic E-state index is 0.0489. The molecule has 1 aromatic carbocycles. The summed E-state index contributed by atoms with van der Waals surface area (Å²) in [7, 11) is 1.62. The van der Waals surface area contributed by atoms with Gasteiger partial charge in [-0.3, -0.25) is 14.3 Å². The van der Waals surface area contributed by atoms with E-state index in [0.717, 1.165) is 16.9 Å². The van der Waals surface area contributed by atoms with Gasteiger partial charge >= 0.3 is 0 Å². The van der Waals surface area contributed by atoms with Crippen LogP contribution in [0.1, 0.15) is 37.4 Å². The molecule has 0 bridgehead atoms. The third-order valence-corrected chi connectivity index (χ3v) is 4.86. The second-order valence-electron chi connectivity index (χ2n) is 7.48. The first-order chi connectivity index (χ1) is 14.1. The summed E-state index contributed by atoms with van der Waals surface area (Å²) in [6.45, 7) is 4.81. The summed E-state index contributed by atoms with van der Waals surface area (Å²) in [6, 6.07) is 9.60. The van der Waals surface area contributed by atoms with Gasteiger partial charge in [-0.1, -0.05) is 19.9 Å². The highest BCUT2D eigenvalue weighted by atomic mass is 16.5. The predicted molar refractivity (Wildman–Crippen MR) is 110 cm³/mol. The molecule has 29 heavy (non-hydrogen) atoms. The molecule has 1 amide bonds. The minimum atomic E-state index is -0.162. The van der Waals surface area contributed by atoms with Crippen molar-refractivity contribution in [3.05, 3.63) is 60.3 Å². The molecule has 0 spiro atoms. The lowest BCUT2D eigenvalue weighted by Gasteiger charge is -2.24. The maximum atomic E-state index is 12.5. The number of fused-ring (bicyclic) bond motifs is 1. The molecule has 7 heteroatoms. The number of benzene rings is 1. The summed E-state index contributed by atoms with van der Waals surface area (Å²) >= 11 is 0. The number of anilines is 1. The molecule has 7 nitrogen and oxygen atoms in total. The standard InChI is InChI=1S/C22H24N4O3/c1-14(2)12-29-18-7-6-15(9-19(18)28-3)17-10-20(27)25-22-21(17)24-13-26(22)16-5-4-8-23-11-16/h4-9,11,13-14,17H,10,12H2,1-3H3,(H,25,27)/t17-/m0/s1. The van der Waals surface area contributed by atoms with E-state index < -0.39 is 0 Å². The van der Waals surface area contributed by atoms with Crippen molar-refractivity contribution in [3.8, 4) is 17.2 Å². The first kappa shape index (κ1) is 19.0. The van der Waals surface area contributed by atoms with Crippen LogP contribution in [0.5, 0.6) is 11.5 Å². The SMILES string of the molecule is COc1cc([C@@H]2CC(=O)Nc3c2ncn3-c2cccnc2)ccc1OCC(C)C. The summed E-state index contributed by atoms with van der Waals surface area (Å²) in [4.78, 5) is 21.2. The molecule has 150 valence electrons. The Bertz CT molecular complexity index is 1010. The van der Waals surface area contributed by atoms with E-state index in [1.54, 1.807) is 25.8 Å². The topological polar surface area (TPSA) is 78.3 Å². The van der Waals surface area contributed by atoms with Gasteiger partial charge in [0.15, 0.2) is 11.5 Å². The molecule has 1 atom stereocenters. The third-order valence-electron chi connectivity index (χ3n) is 4.86. The molecule has 0 unspecified atom stereocenters. The molecule has 1 aliphatic rings. The first-order valence-electron chi connectivity index (χ1n) is 9.65. The summed E-state index contributed by atoms with van der Waals surface area (Å²) in [5.41, 5.74) is 2.63. The number of nitrogens with zero attached hydrogens (tertiary/aromatic N) is 3. The number of pyridine rings is 1. The van der Waals surface area contributed by atoms with E-state index in [-0.39, 0.29) is 11.8 Å². The predicted octanol–water partition coefficient (Wildman–Crippen LogP) is 3.78. The number of methoxy groups -OCH3 is 1. The van der Waals surface area contributed by atoms with E-state index in [2.05, 4.69) is 29.1 Å². The van der Waals surface area contributed by atoms with Crippen molar-refractivity contribution >= 4 is 11.7 Å². The molecule has 0 aliphatic carbocycles. The molecule has 0 saturated carbocycles. The molecule has 0 radical (unpaired) electrons. The fraction of sp³-hybridized carbons (Fsp3) is 0.318. The number of nitrogens with one attached hydrogen (secondary N) is 1. The first-order valence-corrected chi connectivity index (χ1v) is 9.65. The zero-order valence-corrected chi connectivity index (χ0v) is 16.8. The van der Waals surface area contributed by atoms with Crippen molar-refractivity contribution in [3.63, 3.8) is 0 Å². The number of hydrogen-bond donors (Lipinski definition) is 1. The molecular weight excluding hydrogens is 368 g/mol. The van der Waals surface area contributed by atoms with E-state index in [1.165, 1.54) is 0 Å². The highest BCUT2D eigenvalue weighted by Gasteiger charge is 2.31. The van der Waals surface area contributed by atoms with Crippen LogP contribution in [0.4, 0.5) is 5.82 Å². The van der Waals surface area contributed by atoms with Crippen LogP contribution in [0.3, 0.4) is 0 Å². The molecule has 1 aliphatic heterocycles. The second kappa shape index (κ2) is 7.95. The van der Waals surface area contributed by atoms with E-state index >= 15 is 0 Å². The van der Waals surface area contributed by atoms with Crippen LogP contribution in [0.2, 0.25) is 0 Å². The highest BCUT2D eigenvalue weighted by molar-refractivity contribution is 5.94. The van der Waals surface area contributed by atoms with Gasteiger partial charge in [0.25, 0.3) is 0 Å². The molecule has 3 heterocycles. The van der Waals surface area contributed by atoms with Gasteiger partial charge < -0.3 is 14.8 Å². The lowest BCUT2D eigenvalue weighted by atomic mass is 9.89. The number of imidazole rings is 1. The molecule has 0 fully saturated rings. The van der Waals surface area contributed by atoms with Crippen LogP contribution in [-0.2, 0) is 4.79 Å². The number of carbonyl (C=O) groups is 1. The zero-order chi connectivity index (χ0) is 20.4. The van der Waals surface area contributed by atoms with Gasteiger partial charge in [0.05, 0.1) is 31.3 Å². The zero-order valence-electron chi connectivity index (χ0n) is 16.8. The van der Waals surface area contributed by atoms with Crippen LogP contribution in [0.15, 0.2) is 49.1 Å². The fourth-order valence-corrected chi connectivity index (χ4v) is 3.45. The van der Waals surface area contributed by atoms with Crippen molar-refractivity contribution in [2.45, 2.75) is 26.2 Å². The van der Waals surface area contributed by atoms with Gasteiger partial charge in [-0.25, -0.2) is 4.98 Å². The van der Waals surface area contributed by atoms with Crippen molar-refractivity contribution in [1.29, 1.82) is 0 Å². The van der Waals surface area contributed by atoms with Crippen LogP contribution < -0.4 is 14.8 Å². The largest absolute Gasteiger partial charge is 0.493 e. The number of carbonyl (C=O) groups excluding carboxylic acids is 1. The van der Waals surface area contributed by atoms with Crippen molar-refractivity contribution < 1.29 is 14.3 Å². The van der Waals surface area contributed by atoms with Crippen LogP contribution >= 0.6 is 0 Å². The van der Waals surface area contributed by atoms with E-state index in [9.17, 15) is 4.79 Å². The Morgan fingerprint density at radius 1 is 1.28 bits per heavy atom. The average Bonchev–Trinajstić information content (AvgIpc) is 3.15. The van der Waals surface area contributed by atoms with Gasteiger partial charge in [0, 0.05) is 18.5 Å². The Kier molecular flexibility index (Phi) is 5.20. The lowest BCUT2D eigenvalue weighted by Crippen LogP contribution is -2.25. The van der Waals surface area contributed by atoms with Crippen LogP contribution in [0.25, 0.3) is 5.69 Å². The highest BCUT2D eigenvalue weighted by Crippen LogP contribution is 2.40. The number of hydrogen-bond acceptors (Lipinski definition) is 5. The average molecular weight is 392 g/mol. The molecule has 1 N–H and O–H groups in total. The normalized spacial score (nSPS) is 15.7. The Hall–Kier alpha value is -3.35. The van der Waals surface area contributed by atoms with Gasteiger partial charge in [-0.05, 0) is 35.7 Å². The third kappa shape index (κ3) is 3.81. The quantitative estimate of drug-likeness (QED) is 0.691. The van der Waals surface area contributed by atoms with Gasteiger partial charge in [-0.2, -0.15) is 0 Å². The van der Waals surface area contributed by atoms with Crippen molar-refractivity contribution in [1.82, 2.24) is 14.5 Å². The smallest absolute Gasteiger partial charge is 0.226 e. The Labute approximate surface area is 169 Å². The summed E-state index contributed by atoms with van der Waals surface area (Å²) in [5.74, 6) is 2.24. The molecule has 3 aromatic rings. The molecule has 4 rings (SSSR count). The summed E-state index contributed by atoms with van der Waals surface area (Å²) < 4.78 is 13.2. The monoisotopic (exact) mass is 392 g/mol. The number of rotatable bonds is 6. The van der Waals surface area contributed by atoms with Crippen molar-refractivity contribution in [2.75, 3.05) is 19.0 Å². The maximum absolute atomic E-state index is 12.5. The Balaban J connectivity index is 1.70. The van der Waals surface area contributed by atoms with Crippen LogP contribution in [-0.4, -0.2) is 34.2 Å². The van der Waals surface area contributed by atoms with Gasteiger partial charge in [0.1, 0.15) is 12.1 Å². The molecular formula is C22H24N4O3. The van der Waals surface area contributed by atoms with Gasteiger partial charge in [0.2, 0.25) is 5.91 Å². The van der Waals surface area contributed by atoms with Crippen molar-refractivity contribution in [2.24, 2.45) is 5.92 Å². The number of amides is 1. The minimum Gasteiger partial charge on any atom is -0.493 e. The molecule has 2 aromatic heterocycles. The number of ether oxygens (including phenoxy) is 2. The Morgan fingerprint density at radius 3 is 2.86 bits per heavy atom. The van der Waals surface area contributed by atoms with E-state index in [4.69, 9.17) is 9.47 Å². The summed E-state index contributed by atoms with van der Waals surface area (Å²) in [5, 5.41) is 2.96. The second-order valence-corrected chi connectivity index (χ2v) is 7.48. The van der Waals surface area contributed by atoms with E-state index in [1.807, 2.05) is 34.9 Å². The molecule has 0 saturated heterocycles. The lowest BCUT2D eigenvalue weighted by molar-refractivity contribution is -0.116. The maximum Gasteiger partial charge on any atom is 0.226 e. The Morgan fingerprint density at radius 2 is 2.14 bits per heavy atom. The summed E-state index contributed by atoms with van der Waals surface area (Å²) in [6.07, 6.45) is 5.50. The fourth-order valence-electron chi connectivity index (χ4n) is 3.45.